The van der Waals surface area contributed by atoms with E-state index in [4.69, 9.17) is 4.74 Å². The summed E-state index contributed by atoms with van der Waals surface area (Å²) in [4.78, 5) is 2.17. The molecule has 0 aliphatic heterocycles. The second kappa shape index (κ2) is 6.73. The number of hydrogen-bond donors (Lipinski definition) is 1. The zero-order valence-electron chi connectivity index (χ0n) is 12.7. The maximum absolute atomic E-state index is 6.06. The van der Waals surface area contributed by atoms with E-state index in [1.54, 1.807) is 0 Å². The molecule has 1 aromatic rings. The molecule has 1 rings (SSSR count). The minimum absolute atomic E-state index is 0.00245. The Hall–Kier alpha value is -0.580. The predicted octanol–water partition coefficient (Wildman–Crippen LogP) is 3.45. The summed E-state index contributed by atoms with van der Waals surface area (Å²) in [5.41, 5.74) is 1.18. The summed E-state index contributed by atoms with van der Waals surface area (Å²) in [6.45, 7) is 7.13. The first kappa shape index (κ1) is 16.5. The van der Waals surface area contributed by atoms with Crippen LogP contribution < -0.4 is 10.1 Å². The quantitative estimate of drug-likeness (QED) is 0.865. The summed E-state index contributed by atoms with van der Waals surface area (Å²) in [6.07, 6.45) is 0. The van der Waals surface area contributed by atoms with Crippen LogP contribution in [0.5, 0.6) is 5.75 Å². The highest BCUT2D eigenvalue weighted by molar-refractivity contribution is 9.10. The molecular formula is C15H25BrN2O. The van der Waals surface area contributed by atoms with E-state index in [0.29, 0.717) is 6.61 Å². The lowest BCUT2D eigenvalue weighted by Crippen LogP contribution is -2.43. The van der Waals surface area contributed by atoms with Crippen molar-refractivity contribution >= 4 is 15.9 Å². The standard InChI is InChI=1S/C15H25BrN2O/c1-11(17-4)13-8-7-12(16)9-14(13)19-10-15(2,3)18(5)6/h7-9,11,17H,10H2,1-6H3. The van der Waals surface area contributed by atoms with Crippen LogP contribution in [0, 0.1) is 0 Å². The van der Waals surface area contributed by atoms with Gasteiger partial charge >= 0.3 is 0 Å². The minimum atomic E-state index is 0.00245. The third-order valence-corrected chi connectivity index (χ3v) is 4.16. The Labute approximate surface area is 125 Å². The molecule has 0 aromatic heterocycles. The van der Waals surface area contributed by atoms with Gasteiger partial charge in [0.25, 0.3) is 0 Å². The van der Waals surface area contributed by atoms with E-state index < -0.39 is 0 Å². The van der Waals surface area contributed by atoms with Gasteiger partial charge in [0.05, 0.1) is 0 Å². The highest BCUT2D eigenvalue weighted by Crippen LogP contribution is 2.29. The second-order valence-electron chi connectivity index (χ2n) is 5.69. The van der Waals surface area contributed by atoms with Crippen molar-refractivity contribution in [1.29, 1.82) is 0 Å². The number of ether oxygens (including phenoxy) is 1. The van der Waals surface area contributed by atoms with Gasteiger partial charge in [-0.15, -0.1) is 0 Å². The first-order chi connectivity index (χ1) is 8.77. The van der Waals surface area contributed by atoms with E-state index in [9.17, 15) is 0 Å². The van der Waals surface area contributed by atoms with Crippen molar-refractivity contribution in [2.75, 3.05) is 27.7 Å². The Kier molecular flexibility index (Phi) is 5.83. The zero-order valence-corrected chi connectivity index (χ0v) is 14.3. The molecule has 1 N–H and O–H groups in total. The summed E-state index contributed by atoms with van der Waals surface area (Å²) in [7, 11) is 6.10. The van der Waals surface area contributed by atoms with Crippen LogP contribution in [-0.2, 0) is 0 Å². The molecule has 1 atom stereocenters. The lowest BCUT2D eigenvalue weighted by atomic mass is 10.1. The maximum atomic E-state index is 6.06. The second-order valence-corrected chi connectivity index (χ2v) is 6.60. The highest BCUT2D eigenvalue weighted by Gasteiger charge is 2.22. The first-order valence-electron chi connectivity index (χ1n) is 6.55. The van der Waals surface area contributed by atoms with E-state index in [0.717, 1.165) is 10.2 Å². The summed E-state index contributed by atoms with van der Waals surface area (Å²) < 4.78 is 7.09. The molecular weight excluding hydrogens is 304 g/mol. The summed E-state index contributed by atoms with van der Waals surface area (Å²) >= 11 is 3.51. The summed E-state index contributed by atoms with van der Waals surface area (Å²) in [5, 5.41) is 3.26. The monoisotopic (exact) mass is 328 g/mol. The number of benzene rings is 1. The molecule has 0 heterocycles. The van der Waals surface area contributed by atoms with Gasteiger partial charge in [0.1, 0.15) is 12.4 Å². The molecule has 0 saturated heterocycles. The van der Waals surface area contributed by atoms with E-state index in [-0.39, 0.29) is 11.6 Å². The average molecular weight is 329 g/mol. The van der Waals surface area contributed by atoms with Crippen LogP contribution in [0.25, 0.3) is 0 Å². The number of rotatable bonds is 6. The lowest BCUT2D eigenvalue weighted by Gasteiger charge is -2.32. The molecule has 1 unspecified atom stereocenters. The van der Waals surface area contributed by atoms with Crippen molar-refractivity contribution in [1.82, 2.24) is 10.2 Å². The maximum Gasteiger partial charge on any atom is 0.125 e. The molecule has 0 saturated carbocycles. The Morgan fingerprint density at radius 2 is 2.00 bits per heavy atom. The van der Waals surface area contributed by atoms with Gasteiger partial charge in [-0.1, -0.05) is 22.0 Å². The average Bonchev–Trinajstić information content (AvgIpc) is 2.35. The first-order valence-corrected chi connectivity index (χ1v) is 7.34. The molecule has 0 bridgehead atoms. The Morgan fingerprint density at radius 3 is 2.53 bits per heavy atom. The lowest BCUT2D eigenvalue weighted by molar-refractivity contribution is 0.113. The van der Waals surface area contributed by atoms with Crippen molar-refractivity contribution in [3.8, 4) is 5.75 Å². The van der Waals surface area contributed by atoms with Gasteiger partial charge in [-0.2, -0.15) is 0 Å². The third-order valence-electron chi connectivity index (χ3n) is 3.67. The number of halogens is 1. The predicted molar refractivity (Wildman–Crippen MR) is 84.9 cm³/mol. The minimum Gasteiger partial charge on any atom is -0.491 e. The normalized spacial score (nSPS) is 13.7. The number of likely N-dealkylation sites (N-methyl/N-ethyl adjacent to an activating group) is 1. The molecule has 0 fully saturated rings. The fourth-order valence-corrected chi connectivity index (χ4v) is 1.87. The summed E-state index contributed by atoms with van der Waals surface area (Å²) in [6, 6.07) is 6.45. The van der Waals surface area contributed by atoms with Crippen LogP contribution in [0.15, 0.2) is 22.7 Å². The van der Waals surface area contributed by atoms with Crippen LogP contribution in [0.4, 0.5) is 0 Å². The topological polar surface area (TPSA) is 24.5 Å². The van der Waals surface area contributed by atoms with Crippen molar-refractivity contribution < 1.29 is 4.74 Å². The molecule has 4 heteroatoms. The highest BCUT2D eigenvalue weighted by atomic mass is 79.9. The van der Waals surface area contributed by atoms with Crippen LogP contribution in [0.1, 0.15) is 32.4 Å². The fourth-order valence-electron chi connectivity index (χ4n) is 1.53. The molecule has 108 valence electrons. The van der Waals surface area contributed by atoms with Gasteiger partial charge in [-0.25, -0.2) is 0 Å². The van der Waals surface area contributed by atoms with Gasteiger partial charge in [-0.3, -0.25) is 0 Å². The molecule has 1 aromatic carbocycles. The van der Waals surface area contributed by atoms with Crippen molar-refractivity contribution in [2.45, 2.75) is 32.4 Å². The van der Waals surface area contributed by atoms with E-state index >= 15 is 0 Å². The molecule has 19 heavy (non-hydrogen) atoms. The fraction of sp³-hybridized carbons (Fsp3) is 0.600. The Morgan fingerprint density at radius 1 is 1.37 bits per heavy atom. The van der Waals surface area contributed by atoms with Gasteiger partial charge in [0, 0.05) is 21.6 Å². The molecule has 0 aliphatic rings. The molecule has 0 radical (unpaired) electrons. The summed E-state index contributed by atoms with van der Waals surface area (Å²) in [5.74, 6) is 0.936. The smallest absolute Gasteiger partial charge is 0.125 e. The van der Waals surface area contributed by atoms with Gasteiger partial charge in [0.15, 0.2) is 0 Å². The van der Waals surface area contributed by atoms with Gasteiger partial charge < -0.3 is 15.0 Å². The zero-order chi connectivity index (χ0) is 14.6. The van der Waals surface area contributed by atoms with Gasteiger partial charge in [0.2, 0.25) is 0 Å². The molecule has 0 spiro atoms. The Balaban J connectivity index is 2.90. The van der Waals surface area contributed by atoms with Crippen LogP contribution in [0.2, 0.25) is 0 Å². The van der Waals surface area contributed by atoms with Crippen LogP contribution in [-0.4, -0.2) is 38.2 Å². The van der Waals surface area contributed by atoms with Gasteiger partial charge in [-0.05, 0) is 54.0 Å². The van der Waals surface area contributed by atoms with E-state index in [1.165, 1.54) is 5.56 Å². The van der Waals surface area contributed by atoms with Crippen molar-refractivity contribution in [3.63, 3.8) is 0 Å². The third kappa shape index (κ3) is 4.48. The van der Waals surface area contributed by atoms with Crippen molar-refractivity contribution in [2.24, 2.45) is 0 Å². The molecule has 0 amide bonds. The van der Waals surface area contributed by atoms with Crippen LogP contribution >= 0.6 is 15.9 Å². The number of nitrogens with zero attached hydrogens (tertiary/aromatic N) is 1. The SMILES string of the molecule is CNC(C)c1ccc(Br)cc1OCC(C)(C)N(C)C. The van der Waals surface area contributed by atoms with E-state index in [1.807, 2.05) is 19.2 Å². The number of hydrogen-bond acceptors (Lipinski definition) is 3. The Bertz CT molecular complexity index is 419. The molecule has 0 aliphatic carbocycles. The van der Waals surface area contributed by atoms with Crippen LogP contribution in [0.3, 0.4) is 0 Å². The van der Waals surface area contributed by atoms with E-state index in [2.05, 4.69) is 67.1 Å². The molecule has 3 nitrogen and oxygen atoms in total. The number of nitrogens with one attached hydrogen (secondary N) is 1. The largest absolute Gasteiger partial charge is 0.491 e. The van der Waals surface area contributed by atoms with Crippen molar-refractivity contribution in [3.05, 3.63) is 28.2 Å².